The fourth-order valence-electron chi connectivity index (χ4n) is 2.65. The molecule has 0 radical (unpaired) electrons. The molecule has 1 aliphatic carbocycles. The number of rotatable bonds is 2. The second-order valence-electron chi connectivity index (χ2n) is 4.91. The molecule has 0 spiro atoms. The van der Waals surface area contributed by atoms with Crippen LogP contribution in [0, 0.1) is 0 Å². The smallest absolute Gasteiger partial charge is 0.274 e. The van der Waals surface area contributed by atoms with Crippen molar-refractivity contribution in [1.82, 2.24) is 15.3 Å². The zero-order chi connectivity index (χ0) is 13.9. The van der Waals surface area contributed by atoms with Gasteiger partial charge in [0, 0.05) is 12.4 Å². The van der Waals surface area contributed by atoms with E-state index in [2.05, 4.69) is 27.4 Å². The van der Waals surface area contributed by atoms with E-state index in [1.54, 1.807) is 0 Å². The normalized spacial score (nSPS) is 17.3. The topological polar surface area (TPSA) is 80.9 Å². The van der Waals surface area contributed by atoms with Gasteiger partial charge in [-0.1, -0.05) is 24.3 Å². The minimum Gasteiger partial charge on any atom is -0.382 e. The first kappa shape index (κ1) is 12.6. The molecule has 1 aromatic carbocycles. The predicted molar refractivity (Wildman–Crippen MR) is 76.0 cm³/mol. The van der Waals surface area contributed by atoms with Gasteiger partial charge >= 0.3 is 0 Å². The molecule has 3 N–H and O–H groups in total. The minimum absolute atomic E-state index is 0.0221. The van der Waals surface area contributed by atoms with Crippen molar-refractivity contribution < 1.29 is 4.79 Å². The van der Waals surface area contributed by atoms with Crippen molar-refractivity contribution in [2.24, 2.45) is 0 Å². The molecular formula is C15H16N4O. The van der Waals surface area contributed by atoms with Gasteiger partial charge in [-0.25, -0.2) is 9.97 Å². The summed E-state index contributed by atoms with van der Waals surface area (Å²) < 4.78 is 0. The van der Waals surface area contributed by atoms with Gasteiger partial charge in [-0.05, 0) is 30.4 Å². The van der Waals surface area contributed by atoms with Gasteiger partial charge in [0.2, 0.25) is 0 Å². The van der Waals surface area contributed by atoms with Crippen molar-refractivity contribution >= 4 is 11.7 Å². The lowest BCUT2D eigenvalue weighted by molar-refractivity contribution is 0.0928. The number of hydrogen-bond acceptors (Lipinski definition) is 4. The standard InChI is InChI=1S/C15H16N4O/c16-14-13(17-8-9-18-14)15(20)19-12-7-3-5-10-4-1-2-6-11(10)12/h1-2,4,6,8-9,12H,3,5,7H2,(H2,16,18)(H,19,20)/t12-/m1/s1. The van der Waals surface area contributed by atoms with E-state index in [1.807, 2.05) is 12.1 Å². The Morgan fingerprint density at radius 1 is 1.25 bits per heavy atom. The Hall–Kier alpha value is -2.43. The van der Waals surface area contributed by atoms with E-state index in [0.29, 0.717) is 0 Å². The van der Waals surface area contributed by atoms with Gasteiger partial charge in [0.1, 0.15) is 0 Å². The number of amides is 1. The fraction of sp³-hybridized carbons (Fsp3) is 0.267. The summed E-state index contributed by atoms with van der Waals surface area (Å²) in [5.74, 6) is -0.105. The third-order valence-electron chi connectivity index (χ3n) is 3.62. The van der Waals surface area contributed by atoms with Gasteiger partial charge in [-0.2, -0.15) is 0 Å². The minimum atomic E-state index is -0.266. The number of anilines is 1. The molecule has 20 heavy (non-hydrogen) atoms. The fourth-order valence-corrected chi connectivity index (χ4v) is 2.65. The summed E-state index contributed by atoms with van der Waals surface area (Å²) in [4.78, 5) is 20.1. The predicted octanol–water partition coefficient (Wildman–Crippen LogP) is 1.87. The van der Waals surface area contributed by atoms with Crippen LogP contribution in [0.3, 0.4) is 0 Å². The second kappa shape index (κ2) is 5.28. The maximum absolute atomic E-state index is 12.2. The Kier molecular flexibility index (Phi) is 3.33. The molecule has 3 rings (SSSR count). The summed E-state index contributed by atoms with van der Waals surface area (Å²) in [5, 5.41) is 3.01. The van der Waals surface area contributed by atoms with Crippen molar-refractivity contribution in [1.29, 1.82) is 0 Å². The van der Waals surface area contributed by atoms with E-state index in [4.69, 9.17) is 5.73 Å². The molecular weight excluding hydrogens is 252 g/mol. The second-order valence-corrected chi connectivity index (χ2v) is 4.91. The van der Waals surface area contributed by atoms with Gasteiger partial charge in [0.25, 0.3) is 5.91 Å². The summed E-state index contributed by atoms with van der Waals surface area (Å²) in [5.41, 5.74) is 8.37. The zero-order valence-electron chi connectivity index (χ0n) is 11.0. The van der Waals surface area contributed by atoms with Crippen LogP contribution >= 0.6 is 0 Å². The summed E-state index contributed by atoms with van der Waals surface area (Å²) in [6.07, 6.45) is 6.01. The van der Waals surface area contributed by atoms with Gasteiger partial charge < -0.3 is 11.1 Å². The van der Waals surface area contributed by atoms with Crippen molar-refractivity contribution in [2.75, 3.05) is 5.73 Å². The van der Waals surface area contributed by atoms with Crippen molar-refractivity contribution in [3.63, 3.8) is 0 Å². The molecule has 1 aliphatic rings. The maximum Gasteiger partial charge on any atom is 0.274 e. The highest BCUT2D eigenvalue weighted by Crippen LogP contribution is 2.29. The van der Waals surface area contributed by atoms with Crippen LogP contribution in [-0.2, 0) is 6.42 Å². The van der Waals surface area contributed by atoms with Gasteiger partial charge in [-0.15, -0.1) is 0 Å². The summed E-state index contributed by atoms with van der Waals surface area (Å²) >= 11 is 0. The first-order valence-corrected chi connectivity index (χ1v) is 6.71. The Bertz CT molecular complexity index is 641. The van der Waals surface area contributed by atoms with Crippen molar-refractivity contribution in [2.45, 2.75) is 25.3 Å². The monoisotopic (exact) mass is 268 g/mol. The summed E-state index contributed by atoms with van der Waals surface area (Å²) in [6.45, 7) is 0. The highest BCUT2D eigenvalue weighted by Gasteiger charge is 2.23. The number of nitrogens with zero attached hydrogens (tertiary/aromatic N) is 2. The molecule has 2 aromatic rings. The first-order valence-electron chi connectivity index (χ1n) is 6.71. The lowest BCUT2D eigenvalue weighted by Gasteiger charge is -2.26. The zero-order valence-corrected chi connectivity index (χ0v) is 11.0. The lowest BCUT2D eigenvalue weighted by Crippen LogP contribution is -2.32. The Balaban J connectivity index is 1.83. The number of nitrogens with two attached hydrogens (primary N) is 1. The quantitative estimate of drug-likeness (QED) is 0.871. The number of benzene rings is 1. The molecule has 1 atom stereocenters. The van der Waals surface area contributed by atoms with Gasteiger partial charge in [0.15, 0.2) is 11.5 Å². The number of carbonyl (C=O) groups is 1. The molecule has 1 heterocycles. The molecule has 0 fully saturated rings. The highest BCUT2D eigenvalue weighted by molar-refractivity contribution is 5.96. The molecule has 0 saturated heterocycles. The van der Waals surface area contributed by atoms with E-state index in [9.17, 15) is 4.79 Å². The number of hydrogen-bond donors (Lipinski definition) is 2. The van der Waals surface area contributed by atoms with E-state index >= 15 is 0 Å². The van der Waals surface area contributed by atoms with Crippen LogP contribution in [0.15, 0.2) is 36.7 Å². The lowest BCUT2D eigenvalue weighted by atomic mass is 9.87. The highest BCUT2D eigenvalue weighted by atomic mass is 16.2. The number of carbonyl (C=O) groups excluding carboxylic acids is 1. The van der Waals surface area contributed by atoms with Crippen LogP contribution in [0.5, 0.6) is 0 Å². The Labute approximate surface area is 117 Å². The van der Waals surface area contributed by atoms with Gasteiger partial charge in [0.05, 0.1) is 6.04 Å². The van der Waals surface area contributed by atoms with E-state index in [0.717, 1.165) is 19.3 Å². The van der Waals surface area contributed by atoms with E-state index < -0.39 is 0 Å². The molecule has 0 bridgehead atoms. The van der Waals surface area contributed by atoms with E-state index in [-0.39, 0.29) is 23.5 Å². The Morgan fingerprint density at radius 3 is 2.90 bits per heavy atom. The van der Waals surface area contributed by atoms with Gasteiger partial charge in [-0.3, -0.25) is 4.79 Å². The largest absolute Gasteiger partial charge is 0.382 e. The molecule has 0 saturated carbocycles. The number of aromatic nitrogens is 2. The molecule has 5 nitrogen and oxygen atoms in total. The number of aryl methyl sites for hydroxylation is 1. The molecule has 5 heteroatoms. The van der Waals surface area contributed by atoms with Crippen LogP contribution < -0.4 is 11.1 Å². The number of nitrogens with one attached hydrogen (secondary N) is 1. The number of nitrogen functional groups attached to an aromatic ring is 1. The number of fused-ring (bicyclic) bond motifs is 1. The third kappa shape index (κ3) is 2.34. The Morgan fingerprint density at radius 2 is 2.05 bits per heavy atom. The molecule has 102 valence electrons. The molecule has 0 unspecified atom stereocenters. The molecule has 1 aromatic heterocycles. The third-order valence-corrected chi connectivity index (χ3v) is 3.62. The maximum atomic E-state index is 12.2. The average Bonchev–Trinajstić information content (AvgIpc) is 2.48. The van der Waals surface area contributed by atoms with Crippen molar-refractivity contribution in [3.8, 4) is 0 Å². The van der Waals surface area contributed by atoms with E-state index in [1.165, 1.54) is 23.5 Å². The summed E-state index contributed by atoms with van der Waals surface area (Å²) in [6, 6.07) is 8.24. The SMILES string of the molecule is Nc1nccnc1C(=O)N[C@@H]1CCCc2ccccc21. The molecule has 1 amide bonds. The van der Waals surface area contributed by atoms with Crippen molar-refractivity contribution in [3.05, 3.63) is 53.5 Å². The van der Waals surface area contributed by atoms with Crippen LogP contribution in [0.4, 0.5) is 5.82 Å². The summed E-state index contributed by atoms with van der Waals surface area (Å²) in [7, 11) is 0. The van der Waals surface area contributed by atoms with Crippen LogP contribution in [0.25, 0.3) is 0 Å². The van der Waals surface area contributed by atoms with Crippen LogP contribution in [0.2, 0.25) is 0 Å². The average molecular weight is 268 g/mol. The molecule has 0 aliphatic heterocycles. The van der Waals surface area contributed by atoms with Crippen LogP contribution in [-0.4, -0.2) is 15.9 Å². The first-order chi connectivity index (χ1) is 9.75. The van der Waals surface area contributed by atoms with Crippen LogP contribution in [0.1, 0.15) is 40.5 Å².